The molecule has 9 heteroatoms. The molecule has 0 bridgehead atoms. The molecule has 0 fully saturated rings. The van der Waals surface area contributed by atoms with Gasteiger partial charge in [-0.2, -0.15) is 5.10 Å². The van der Waals surface area contributed by atoms with Crippen molar-refractivity contribution in [2.45, 2.75) is 30.8 Å². The molecule has 4 rings (SSSR count). The number of sulfone groups is 1. The minimum Gasteiger partial charge on any atom is -0.385 e. The summed E-state index contributed by atoms with van der Waals surface area (Å²) in [7, 11) is -3.95. The van der Waals surface area contributed by atoms with Gasteiger partial charge >= 0.3 is 0 Å². The predicted octanol–water partition coefficient (Wildman–Crippen LogP) is 4.82. The Morgan fingerprint density at radius 3 is 2.30 bits per heavy atom. The molecule has 33 heavy (non-hydrogen) atoms. The van der Waals surface area contributed by atoms with E-state index < -0.39 is 9.84 Å². The summed E-state index contributed by atoms with van der Waals surface area (Å²) < 4.78 is 26.8. The summed E-state index contributed by atoms with van der Waals surface area (Å²) in [6, 6.07) is 19.5. The number of rotatable bonds is 8. The van der Waals surface area contributed by atoms with Gasteiger partial charge in [0.25, 0.3) is 5.16 Å². The van der Waals surface area contributed by atoms with Gasteiger partial charge in [-0.3, -0.25) is 5.10 Å². The Labute approximate surface area is 193 Å². The fourth-order valence-corrected chi connectivity index (χ4v) is 4.30. The first-order chi connectivity index (χ1) is 15.8. The van der Waals surface area contributed by atoms with Crippen molar-refractivity contribution < 1.29 is 8.42 Å². The van der Waals surface area contributed by atoms with E-state index in [1.165, 1.54) is 0 Å². The quantitative estimate of drug-likeness (QED) is 0.322. The fraction of sp³-hybridized carbons (Fsp3) is 0.208. The fourth-order valence-electron chi connectivity index (χ4n) is 3.16. The van der Waals surface area contributed by atoms with Crippen LogP contribution in [0.2, 0.25) is 0 Å². The van der Waals surface area contributed by atoms with Crippen LogP contribution in [0.15, 0.2) is 76.8 Å². The van der Waals surface area contributed by atoms with Crippen molar-refractivity contribution in [3.8, 4) is 11.3 Å². The zero-order valence-electron chi connectivity index (χ0n) is 18.7. The van der Waals surface area contributed by atoms with E-state index >= 15 is 0 Å². The Kier molecular flexibility index (Phi) is 6.41. The van der Waals surface area contributed by atoms with E-state index in [1.807, 2.05) is 37.3 Å². The molecule has 2 aromatic heterocycles. The van der Waals surface area contributed by atoms with Crippen LogP contribution < -0.4 is 10.6 Å². The van der Waals surface area contributed by atoms with E-state index in [4.69, 9.17) is 0 Å². The maximum Gasteiger partial charge on any atom is 0.254 e. The first-order valence-electron chi connectivity index (χ1n) is 10.6. The monoisotopic (exact) mass is 462 g/mol. The molecule has 3 N–H and O–H groups in total. The van der Waals surface area contributed by atoms with Gasteiger partial charge in [-0.25, -0.2) is 18.4 Å². The lowest BCUT2D eigenvalue weighted by molar-refractivity contribution is 0.587. The molecule has 0 saturated heterocycles. The van der Waals surface area contributed by atoms with Crippen molar-refractivity contribution in [2.24, 2.45) is 5.92 Å². The molecule has 8 nitrogen and oxygen atoms in total. The summed E-state index contributed by atoms with van der Waals surface area (Å²) in [5.41, 5.74) is 3.01. The summed E-state index contributed by atoms with van der Waals surface area (Å²) in [5.74, 6) is 1.35. The summed E-state index contributed by atoms with van der Waals surface area (Å²) in [6.45, 7) is 6.90. The molecule has 170 valence electrons. The highest BCUT2D eigenvalue weighted by Crippen LogP contribution is 2.26. The lowest BCUT2D eigenvalue weighted by Crippen LogP contribution is -2.11. The van der Waals surface area contributed by atoms with Crippen LogP contribution in [0.25, 0.3) is 11.3 Å². The molecule has 0 radical (unpaired) electrons. The van der Waals surface area contributed by atoms with Gasteiger partial charge in [0.2, 0.25) is 9.84 Å². The standard InChI is InChI=1S/C24H26N6O2S/c1-16(2)15-25-19-9-11-20(12-10-19)33(31,32)24-26-21(18-7-5-4-6-8-18)14-22(28-24)27-23-13-17(3)29-30-23/h4-14,16,25H,15H2,1-3H3,(H2,26,27,28,29,30). The third kappa shape index (κ3) is 5.38. The predicted molar refractivity (Wildman–Crippen MR) is 129 cm³/mol. The Hall–Kier alpha value is -3.72. The van der Waals surface area contributed by atoms with Crippen molar-refractivity contribution in [2.75, 3.05) is 17.2 Å². The van der Waals surface area contributed by atoms with Crippen molar-refractivity contribution in [3.63, 3.8) is 0 Å². The minimum atomic E-state index is -3.95. The molecular formula is C24H26N6O2S. The van der Waals surface area contributed by atoms with Crippen molar-refractivity contribution in [3.05, 3.63) is 72.4 Å². The number of aromatic amines is 1. The molecule has 2 aromatic carbocycles. The average molecular weight is 463 g/mol. The number of H-pyrrole nitrogens is 1. The van der Waals surface area contributed by atoms with Crippen LogP contribution in [0, 0.1) is 12.8 Å². The second kappa shape index (κ2) is 9.41. The molecule has 0 atom stereocenters. The van der Waals surface area contributed by atoms with Gasteiger partial charge in [-0.1, -0.05) is 44.2 Å². The maximum atomic E-state index is 13.4. The molecule has 0 aliphatic carbocycles. The zero-order valence-corrected chi connectivity index (χ0v) is 19.5. The second-order valence-corrected chi connectivity index (χ2v) is 9.99. The van der Waals surface area contributed by atoms with E-state index in [0.29, 0.717) is 23.2 Å². The van der Waals surface area contributed by atoms with Crippen LogP contribution in [-0.2, 0) is 9.84 Å². The highest BCUT2D eigenvalue weighted by Gasteiger charge is 2.23. The third-order valence-electron chi connectivity index (χ3n) is 4.86. The largest absolute Gasteiger partial charge is 0.385 e. The molecule has 0 aliphatic heterocycles. The maximum absolute atomic E-state index is 13.4. The van der Waals surface area contributed by atoms with Gasteiger partial charge in [0.15, 0.2) is 5.82 Å². The molecular weight excluding hydrogens is 436 g/mol. The first-order valence-corrected chi connectivity index (χ1v) is 12.1. The smallest absolute Gasteiger partial charge is 0.254 e. The van der Waals surface area contributed by atoms with Gasteiger partial charge in [-0.05, 0) is 37.1 Å². The Morgan fingerprint density at radius 1 is 0.939 bits per heavy atom. The molecule has 0 saturated carbocycles. The van der Waals surface area contributed by atoms with Crippen LogP contribution in [0.4, 0.5) is 17.3 Å². The van der Waals surface area contributed by atoms with Gasteiger partial charge < -0.3 is 10.6 Å². The Bertz CT molecular complexity index is 1330. The summed E-state index contributed by atoms with van der Waals surface area (Å²) in [5, 5.41) is 13.1. The van der Waals surface area contributed by atoms with Crippen molar-refractivity contribution in [1.29, 1.82) is 0 Å². The van der Waals surface area contributed by atoms with E-state index in [1.54, 1.807) is 36.4 Å². The van der Waals surface area contributed by atoms with Crippen LogP contribution in [0.5, 0.6) is 0 Å². The second-order valence-electron chi connectivity index (χ2n) is 8.15. The molecule has 4 aromatic rings. The number of hydrogen-bond acceptors (Lipinski definition) is 7. The Balaban J connectivity index is 1.72. The van der Waals surface area contributed by atoms with Crippen LogP contribution >= 0.6 is 0 Å². The van der Waals surface area contributed by atoms with Gasteiger partial charge in [0, 0.05) is 35.6 Å². The minimum absolute atomic E-state index is 0.129. The number of aryl methyl sites for hydroxylation is 1. The molecule has 0 aliphatic rings. The molecule has 0 spiro atoms. The average Bonchev–Trinajstić information content (AvgIpc) is 3.22. The summed E-state index contributed by atoms with van der Waals surface area (Å²) in [6.07, 6.45) is 0. The lowest BCUT2D eigenvalue weighted by Gasteiger charge is -2.11. The molecule has 2 heterocycles. The van der Waals surface area contributed by atoms with Crippen LogP contribution in [-0.4, -0.2) is 35.1 Å². The van der Waals surface area contributed by atoms with Crippen LogP contribution in [0.1, 0.15) is 19.5 Å². The zero-order chi connectivity index (χ0) is 23.4. The highest BCUT2D eigenvalue weighted by atomic mass is 32.2. The number of nitrogens with one attached hydrogen (secondary N) is 3. The van der Waals surface area contributed by atoms with Crippen LogP contribution in [0.3, 0.4) is 0 Å². The van der Waals surface area contributed by atoms with Gasteiger partial charge in [0.05, 0.1) is 10.6 Å². The lowest BCUT2D eigenvalue weighted by atomic mass is 10.1. The normalized spacial score (nSPS) is 11.5. The van der Waals surface area contributed by atoms with Gasteiger partial charge in [0.1, 0.15) is 5.82 Å². The SMILES string of the molecule is Cc1cc(Nc2cc(-c3ccccc3)nc(S(=O)(=O)c3ccc(NCC(C)C)cc3)n2)n[nH]1. The number of nitrogens with zero attached hydrogens (tertiary/aromatic N) is 3. The van der Waals surface area contributed by atoms with Gasteiger partial charge in [-0.15, -0.1) is 0 Å². The number of hydrogen-bond donors (Lipinski definition) is 3. The van der Waals surface area contributed by atoms with E-state index in [2.05, 4.69) is 44.6 Å². The first kappa shape index (κ1) is 22.5. The Morgan fingerprint density at radius 2 is 1.67 bits per heavy atom. The third-order valence-corrected chi connectivity index (χ3v) is 6.41. The van der Waals surface area contributed by atoms with E-state index in [-0.39, 0.29) is 10.1 Å². The summed E-state index contributed by atoms with van der Waals surface area (Å²) >= 11 is 0. The van der Waals surface area contributed by atoms with E-state index in [0.717, 1.165) is 23.5 Å². The topological polar surface area (TPSA) is 113 Å². The van der Waals surface area contributed by atoms with E-state index in [9.17, 15) is 8.42 Å². The highest BCUT2D eigenvalue weighted by molar-refractivity contribution is 7.91. The molecule has 0 amide bonds. The molecule has 0 unspecified atom stereocenters. The number of benzene rings is 2. The number of anilines is 3. The van der Waals surface area contributed by atoms with Crippen molar-refractivity contribution >= 4 is 27.2 Å². The summed E-state index contributed by atoms with van der Waals surface area (Å²) in [4.78, 5) is 8.84. The number of aromatic nitrogens is 4. The van der Waals surface area contributed by atoms with Crippen molar-refractivity contribution in [1.82, 2.24) is 20.2 Å².